The first kappa shape index (κ1) is 14.5. The molecule has 0 aliphatic carbocycles. The number of hydrogen-bond acceptors (Lipinski definition) is 3. The van der Waals surface area contributed by atoms with Crippen LogP contribution in [0, 0.1) is 12.3 Å². The van der Waals surface area contributed by atoms with E-state index in [1.165, 1.54) is 11.1 Å². The third-order valence-electron chi connectivity index (χ3n) is 4.70. The molecule has 1 spiro atoms. The van der Waals surface area contributed by atoms with Gasteiger partial charge < -0.3 is 9.64 Å². The molecule has 4 heteroatoms. The van der Waals surface area contributed by atoms with Crippen LogP contribution in [0.2, 0.25) is 0 Å². The van der Waals surface area contributed by atoms with E-state index in [9.17, 15) is 4.79 Å². The summed E-state index contributed by atoms with van der Waals surface area (Å²) in [4.78, 5) is 16.2. The lowest BCUT2D eigenvalue weighted by Gasteiger charge is -2.31. The quantitative estimate of drug-likeness (QED) is 0.830. The van der Waals surface area contributed by atoms with Crippen LogP contribution in [0.15, 0.2) is 24.3 Å². The number of carbonyl (C=O) groups excluding carboxylic acids is 1. The Hall–Kier alpha value is -1.39. The largest absolute Gasteiger partial charge is 0.379 e. The minimum Gasteiger partial charge on any atom is -0.379 e. The van der Waals surface area contributed by atoms with E-state index in [4.69, 9.17) is 4.74 Å². The summed E-state index contributed by atoms with van der Waals surface area (Å²) in [6.07, 6.45) is 0.619. The van der Waals surface area contributed by atoms with Crippen molar-refractivity contribution >= 4 is 5.91 Å². The van der Waals surface area contributed by atoms with Crippen LogP contribution in [0.4, 0.5) is 0 Å². The highest BCUT2D eigenvalue weighted by molar-refractivity contribution is 5.79. The molecule has 2 saturated heterocycles. The van der Waals surface area contributed by atoms with Gasteiger partial charge in [0.05, 0.1) is 13.2 Å². The van der Waals surface area contributed by atoms with Gasteiger partial charge in [-0.3, -0.25) is 9.69 Å². The number of rotatable bonds is 2. The number of ether oxygens (including phenoxy) is 1. The van der Waals surface area contributed by atoms with Gasteiger partial charge in [-0.2, -0.15) is 0 Å². The van der Waals surface area contributed by atoms with Crippen LogP contribution in [0.5, 0.6) is 0 Å². The maximum absolute atomic E-state index is 11.9. The summed E-state index contributed by atoms with van der Waals surface area (Å²) in [6, 6.07) is 8.53. The van der Waals surface area contributed by atoms with Gasteiger partial charge >= 0.3 is 0 Å². The predicted octanol–water partition coefficient (Wildman–Crippen LogP) is 1.68. The van der Waals surface area contributed by atoms with E-state index in [2.05, 4.69) is 36.1 Å². The van der Waals surface area contributed by atoms with Crippen molar-refractivity contribution in [2.24, 2.45) is 5.41 Å². The van der Waals surface area contributed by atoms with Crippen LogP contribution in [0.25, 0.3) is 0 Å². The van der Waals surface area contributed by atoms with Gasteiger partial charge in [0.2, 0.25) is 5.91 Å². The predicted molar refractivity (Wildman–Crippen MR) is 82.0 cm³/mol. The van der Waals surface area contributed by atoms with Gasteiger partial charge in [-0.15, -0.1) is 0 Å². The fourth-order valence-corrected chi connectivity index (χ4v) is 3.55. The molecule has 2 aliphatic rings. The molecule has 0 unspecified atom stereocenters. The summed E-state index contributed by atoms with van der Waals surface area (Å²) < 4.78 is 5.81. The van der Waals surface area contributed by atoms with Crippen LogP contribution in [-0.2, 0) is 16.1 Å². The Kier molecular flexibility index (Phi) is 4.00. The fraction of sp³-hybridized carbons (Fsp3) is 0.588. The van der Waals surface area contributed by atoms with Gasteiger partial charge in [-0.25, -0.2) is 0 Å². The van der Waals surface area contributed by atoms with Crippen LogP contribution < -0.4 is 0 Å². The van der Waals surface area contributed by atoms with Crippen LogP contribution in [0.1, 0.15) is 17.5 Å². The molecule has 0 saturated carbocycles. The lowest BCUT2D eigenvalue weighted by atomic mass is 9.87. The molecule has 1 amide bonds. The number of hydrogen-bond donors (Lipinski definition) is 0. The average Bonchev–Trinajstić information content (AvgIpc) is 2.60. The number of nitrogens with zero attached hydrogens (tertiary/aromatic N) is 2. The Labute approximate surface area is 126 Å². The molecular formula is C17H24N2O2. The summed E-state index contributed by atoms with van der Waals surface area (Å²) in [5.41, 5.74) is 2.67. The van der Waals surface area contributed by atoms with Crippen molar-refractivity contribution in [3.05, 3.63) is 35.4 Å². The highest BCUT2D eigenvalue weighted by Crippen LogP contribution is 2.34. The molecule has 3 rings (SSSR count). The van der Waals surface area contributed by atoms with E-state index < -0.39 is 0 Å². The van der Waals surface area contributed by atoms with Crippen LogP contribution in [-0.4, -0.2) is 55.6 Å². The molecule has 2 fully saturated rings. The third-order valence-corrected chi connectivity index (χ3v) is 4.70. The van der Waals surface area contributed by atoms with Gasteiger partial charge in [0.15, 0.2) is 0 Å². The number of likely N-dealkylation sites (tertiary alicyclic amines) is 1. The van der Waals surface area contributed by atoms with Gasteiger partial charge in [-0.1, -0.05) is 24.3 Å². The molecule has 1 aromatic rings. The molecule has 2 aliphatic heterocycles. The number of amides is 1. The third kappa shape index (κ3) is 3.11. The van der Waals surface area contributed by atoms with E-state index in [1.807, 2.05) is 11.9 Å². The van der Waals surface area contributed by atoms with Crippen molar-refractivity contribution in [3.8, 4) is 0 Å². The zero-order chi connectivity index (χ0) is 14.9. The van der Waals surface area contributed by atoms with Crippen molar-refractivity contribution in [1.29, 1.82) is 0 Å². The highest BCUT2D eigenvalue weighted by atomic mass is 16.5. The zero-order valence-electron chi connectivity index (χ0n) is 13.0. The second-order valence-electron chi connectivity index (χ2n) is 6.62. The molecule has 114 valence electrons. The maximum atomic E-state index is 11.9. The molecule has 0 N–H and O–H groups in total. The summed E-state index contributed by atoms with van der Waals surface area (Å²) in [5, 5.41) is 0. The second-order valence-corrected chi connectivity index (χ2v) is 6.62. The standard InChI is InChI=1S/C17H24N2O2/c1-14-5-3-4-6-15(14)10-19-7-8-21-13-17(12-19)9-16(20)18(2)11-17/h3-6H,7-13H2,1-2H3/t17-/m0/s1. The maximum Gasteiger partial charge on any atom is 0.223 e. The summed E-state index contributed by atoms with van der Waals surface area (Å²) in [6.45, 7) is 7.25. The molecule has 1 atom stereocenters. The van der Waals surface area contributed by atoms with Crippen molar-refractivity contribution in [1.82, 2.24) is 9.80 Å². The Balaban J connectivity index is 1.74. The Morgan fingerprint density at radius 2 is 2.10 bits per heavy atom. The normalized spacial score (nSPS) is 27.3. The lowest BCUT2D eigenvalue weighted by Crippen LogP contribution is -2.40. The highest BCUT2D eigenvalue weighted by Gasteiger charge is 2.44. The van der Waals surface area contributed by atoms with Crippen molar-refractivity contribution < 1.29 is 9.53 Å². The molecule has 1 aromatic carbocycles. The van der Waals surface area contributed by atoms with E-state index in [0.29, 0.717) is 13.0 Å². The monoisotopic (exact) mass is 288 g/mol. The molecule has 4 nitrogen and oxygen atoms in total. The summed E-state index contributed by atoms with van der Waals surface area (Å²) in [5.74, 6) is 0.247. The first-order valence-electron chi connectivity index (χ1n) is 7.67. The molecular weight excluding hydrogens is 264 g/mol. The number of aryl methyl sites for hydroxylation is 1. The van der Waals surface area contributed by atoms with Crippen molar-refractivity contribution in [2.75, 3.05) is 39.9 Å². The Morgan fingerprint density at radius 1 is 1.29 bits per heavy atom. The summed E-state index contributed by atoms with van der Waals surface area (Å²) >= 11 is 0. The molecule has 0 bridgehead atoms. The average molecular weight is 288 g/mol. The molecule has 21 heavy (non-hydrogen) atoms. The topological polar surface area (TPSA) is 32.8 Å². The minimum absolute atomic E-state index is 0.0228. The smallest absolute Gasteiger partial charge is 0.223 e. The van der Waals surface area contributed by atoms with Crippen LogP contribution in [0.3, 0.4) is 0 Å². The zero-order valence-corrected chi connectivity index (χ0v) is 13.0. The summed E-state index contributed by atoms with van der Waals surface area (Å²) in [7, 11) is 1.90. The second kappa shape index (κ2) is 5.78. The van der Waals surface area contributed by atoms with Crippen molar-refractivity contribution in [2.45, 2.75) is 19.9 Å². The van der Waals surface area contributed by atoms with Gasteiger partial charge in [0.1, 0.15) is 0 Å². The number of benzene rings is 1. The Bertz CT molecular complexity index is 531. The van der Waals surface area contributed by atoms with E-state index in [0.717, 1.165) is 32.8 Å². The van der Waals surface area contributed by atoms with E-state index >= 15 is 0 Å². The van der Waals surface area contributed by atoms with Crippen LogP contribution >= 0.6 is 0 Å². The minimum atomic E-state index is -0.0228. The fourth-order valence-electron chi connectivity index (χ4n) is 3.55. The van der Waals surface area contributed by atoms with Gasteiger partial charge in [0, 0.05) is 45.1 Å². The van der Waals surface area contributed by atoms with E-state index in [-0.39, 0.29) is 11.3 Å². The molecule has 2 heterocycles. The van der Waals surface area contributed by atoms with Gasteiger partial charge in [0.25, 0.3) is 0 Å². The first-order valence-corrected chi connectivity index (χ1v) is 7.67. The number of carbonyl (C=O) groups is 1. The Morgan fingerprint density at radius 3 is 2.81 bits per heavy atom. The van der Waals surface area contributed by atoms with Gasteiger partial charge in [-0.05, 0) is 18.1 Å². The SMILES string of the molecule is Cc1ccccc1CN1CCOC[C@]2(CC(=O)N(C)C2)C1. The van der Waals surface area contributed by atoms with Crippen molar-refractivity contribution in [3.63, 3.8) is 0 Å². The molecule has 0 radical (unpaired) electrons. The first-order chi connectivity index (χ1) is 10.1. The molecule has 0 aromatic heterocycles. The lowest BCUT2D eigenvalue weighted by molar-refractivity contribution is -0.126. The van der Waals surface area contributed by atoms with E-state index in [1.54, 1.807) is 0 Å².